The van der Waals surface area contributed by atoms with Crippen LogP contribution in [-0.4, -0.2) is 59.9 Å². The Labute approximate surface area is 302 Å². The predicted octanol–water partition coefficient (Wildman–Crippen LogP) is 9.28. The molecule has 0 aliphatic carbocycles. The minimum Gasteiger partial charge on any atom is -0.480 e. The lowest BCUT2D eigenvalue weighted by atomic mass is 10.1. The Morgan fingerprint density at radius 1 is 0.640 bits per heavy atom. The number of esters is 2. The zero-order chi connectivity index (χ0) is 37.1. The van der Waals surface area contributed by atoms with Crippen molar-refractivity contribution in [3.05, 3.63) is 36.5 Å². The first-order valence-corrected chi connectivity index (χ1v) is 20.5. The summed E-state index contributed by atoms with van der Waals surface area (Å²) in [4.78, 5) is 45.7. The van der Waals surface area contributed by atoms with Crippen LogP contribution in [0.2, 0.25) is 0 Å². The molecule has 0 fully saturated rings. The van der Waals surface area contributed by atoms with Gasteiger partial charge in [0.25, 0.3) is 0 Å². The monoisotopic (exact) mass is 729 g/mol. The molecule has 50 heavy (non-hydrogen) atoms. The lowest BCUT2D eigenvalue weighted by Gasteiger charge is -2.20. The van der Waals surface area contributed by atoms with E-state index in [0.717, 1.165) is 70.6 Å². The predicted molar refractivity (Wildman–Crippen MR) is 199 cm³/mol. The number of carbonyl (C=O) groups is 3. The SMILES string of the molecule is CC/C=C\C/C=C\C/C=C\CCCCCCCC(=O)OC[C@H](COP(=O)(O)OC[C@H](N)C(=O)O)OC(=O)CCCCCCCCCCCCC. The van der Waals surface area contributed by atoms with Crippen molar-refractivity contribution in [1.29, 1.82) is 0 Å². The number of aliphatic carboxylic acids is 1. The molecule has 0 bridgehead atoms. The minimum absolute atomic E-state index is 0.159. The summed E-state index contributed by atoms with van der Waals surface area (Å²) in [5.74, 6) is -2.40. The molecule has 0 aliphatic rings. The molecule has 0 aromatic carbocycles. The molecule has 1 unspecified atom stereocenters. The molecule has 4 N–H and O–H groups in total. The fourth-order valence-electron chi connectivity index (χ4n) is 4.90. The number of hydrogen-bond acceptors (Lipinski definition) is 9. The number of carboxylic acids is 1. The quantitative estimate of drug-likeness (QED) is 0.0246. The molecule has 3 atom stereocenters. The van der Waals surface area contributed by atoms with Crippen molar-refractivity contribution in [2.75, 3.05) is 19.8 Å². The van der Waals surface area contributed by atoms with Gasteiger partial charge in [-0.15, -0.1) is 0 Å². The zero-order valence-corrected chi connectivity index (χ0v) is 31.9. The Hall–Kier alpha value is -2.30. The maximum absolute atomic E-state index is 12.5. The number of nitrogens with two attached hydrogens (primary N) is 1. The molecule has 0 saturated heterocycles. The Balaban J connectivity index is 4.45. The van der Waals surface area contributed by atoms with Crippen LogP contribution in [-0.2, 0) is 37.5 Å². The van der Waals surface area contributed by atoms with E-state index in [4.69, 9.17) is 24.8 Å². The van der Waals surface area contributed by atoms with Gasteiger partial charge in [0.2, 0.25) is 0 Å². The Morgan fingerprint density at radius 3 is 1.68 bits per heavy atom. The normalized spacial score (nSPS) is 14.3. The van der Waals surface area contributed by atoms with Gasteiger partial charge in [-0.2, -0.15) is 0 Å². The molecular weight excluding hydrogens is 661 g/mol. The van der Waals surface area contributed by atoms with E-state index in [0.29, 0.717) is 12.8 Å². The van der Waals surface area contributed by atoms with Gasteiger partial charge in [-0.1, -0.05) is 134 Å². The van der Waals surface area contributed by atoms with Gasteiger partial charge in [0, 0.05) is 12.8 Å². The molecule has 0 aromatic heterocycles. The lowest BCUT2D eigenvalue weighted by molar-refractivity contribution is -0.161. The summed E-state index contributed by atoms with van der Waals surface area (Å²) in [6, 6.07) is -1.52. The van der Waals surface area contributed by atoms with E-state index in [1.54, 1.807) is 0 Å². The molecule has 0 rings (SSSR count). The van der Waals surface area contributed by atoms with Crippen LogP contribution in [0.5, 0.6) is 0 Å². The second kappa shape index (κ2) is 33.8. The number of carbonyl (C=O) groups excluding carboxylic acids is 2. The molecule has 0 aromatic rings. The van der Waals surface area contributed by atoms with Crippen LogP contribution < -0.4 is 5.73 Å². The third-order valence-electron chi connectivity index (χ3n) is 7.90. The average Bonchev–Trinajstić information content (AvgIpc) is 3.09. The molecule has 290 valence electrons. The highest BCUT2D eigenvalue weighted by atomic mass is 31.2. The molecule has 0 saturated carbocycles. The van der Waals surface area contributed by atoms with Gasteiger partial charge in [-0.05, 0) is 44.9 Å². The second-order valence-electron chi connectivity index (χ2n) is 12.7. The van der Waals surface area contributed by atoms with Crippen LogP contribution >= 0.6 is 7.82 Å². The molecule has 11 nitrogen and oxygen atoms in total. The highest BCUT2D eigenvalue weighted by Gasteiger charge is 2.28. The molecular formula is C38H68NO10P. The second-order valence-corrected chi connectivity index (χ2v) is 14.1. The largest absolute Gasteiger partial charge is 0.480 e. The number of hydrogen-bond donors (Lipinski definition) is 3. The molecule has 0 radical (unpaired) electrons. The van der Waals surface area contributed by atoms with Gasteiger partial charge in [0.05, 0.1) is 13.2 Å². The highest BCUT2D eigenvalue weighted by Crippen LogP contribution is 2.43. The van der Waals surface area contributed by atoms with Gasteiger partial charge >= 0.3 is 25.7 Å². The van der Waals surface area contributed by atoms with Crippen LogP contribution in [0.3, 0.4) is 0 Å². The first-order chi connectivity index (χ1) is 24.1. The smallest absolute Gasteiger partial charge is 0.472 e. The Kier molecular flexibility index (Phi) is 32.3. The number of rotatable bonds is 35. The summed E-state index contributed by atoms with van der Waals surface area (Å²) in [6.45, 7) is 2.64. The van der Waals surface area contributed by atoms with Gasteiger partial charge in [0.1, 0.15) is 12.6 Å². The summed E-state index contributed by atoms with van der Waals surface area (Å²) in [6.07, 6.45) is 33.6. The molecule has 0 heterocycles. The van der Waals surface area contributed by atoms with Crippen molar-refractivity contribution >= 4 is 25.7 Å². The van der Waals surface area contributed by atoms with E-state index < -0.39 is 51.1 Å². The number of allylic oxidation sites excluding steroid dienone is 6. The van der Waals surface area contributed by atoms with Crippen LogP contribution in [0.4, 0.5) is 0 Å². The fourth-order valence-corrected chi connectivity index (χ4v) is 5.68. The van der Waals surface area contributed by atoms with Gasteiger partial charge in [0.15, 0.2) is 6.10 Å². The Bertz CT molecular complexity index is 1000. The molecule has 0 aliphatic heterocycles. The number of ether oxygens (including phenoxy) is 2. The zero-order valence-electron chi connectivity index (χ0n) is 31.0. The van der Waals surface area contributed by atoms with Crippen molar-refractivity contribution in [2.45, 2.75) is 167 Å². The van der Waals surface area contributed by atoms with E-state index in [1.165, 1.54) is 44.9 Å². The first-order valence-electron chi connectivity index (χ1n) is 19.0. The van der Waals surface area contributed by atoms with Crippen molar-refractivity contribution in [3.63, 3.8) is 0 Å². The first kappa shape index (κ1) is 47.7. The standard InChI is InChI=1S/C38H68NO10P/c1-3-5-7-9-11-13-15-16-17-18-20-21-23-25-27-29-36(40)46-31-34(32-47-50(44,45)48-33-35(39)38(42)43)49-37(41)30-28-26-24-22-19-14-12-10-8-6-4-2/h5,7,11,13,16-17,34-35H,3-4,6,8-10,12,14-15,18-33,39H2,1-2H3,(H,42,43)(H,44,45)/b7-5-,13-11-,17-16-/t34-,35+/m1/s1. The van der Waals surface area contributed by atoms with Gasteiger partial charge in [-0.3, -0.25) is 23.4 Å². The van der Waals surface area contributed by atoms with Crippen LogP contribution in [0, 0.1) is 0 Å². The summed E-state index contributed by atoms with van der Waals surface area (Å²) in [7, 11) is -4.71. The maximum atomic E-state index is 12.5. The third kappa shape index (κ3) is 32.9. The maximum Gasteiger partial charge on any atom is 0.472 e. The van der Waals surface area contributed by atoms with Crippen molar-refractivity contribution in [1.82, 2.24) is 0 Å². The average molecular weight is 730 g/mol. The van der Waals surface area contributed by atoms with E-state index in [9.17, 15) is 23.8 Å². The van der Waals surface area contributed by atoms with Crippen molar-refractivity contribution in [3.8, 4) is 0 Å². The number of unbranched alkanes of at least 4 members (excludes halogenated alkanes) is 15. The van der Waals surface area contributed by atoms with Gasteiger partial charge in [-0.25, -0.2) is 4.57 Å². The third-order valence-corrected chi connectivity index (χ3v) is 8.85. The van der Waals surface area contributed by atoms with Crippen LogP contribution in [0.15, 0.2) is 36.5 Å². The molecule has 0 spiro atoms. The van der Waals surface area contributed by atoms with Crippen molar-refractivity contribution in [2.24, 2.45) is 5.73 Å². The number of phosphoric ester groups is 1. The molecule has 0 amide bonds. The van der Waals surface area contributed by atoms with E-state index in [1.807, 2.05) is 0 Å². The number of carboxylic acid groups (broad SMARTS) is 1. The van der Waals surface area contributed by atoms with Crippen LogP contribution in [0.1, 0.15) is 155 Å². The molecule has 12 heteroatoms. The summed E-state index contributed by atoms with van der Waals surface area (Å²) < 4.78 is 32.5. The summed E-state index contributed by atoms with van der Waals surface area (Å²) in [5, 5.41) is 8.85. The summed E-state index contributed by atoms with van der Waals surface area (Å²) >= 11 is 0. The Morgan fingerprint density at radius 2 is 1.12 bits per heavy atom. The topological polar surface area (TPSA) is 172 Å². The van der Waals surface area contributed by atoms with Crippen LogP contribution in [0.25, 0.3) is 0 Å². The minimum atomic E-state index is -4.71. The van der Waals surface area contributed by atoms with Gasteiger partial charge < -0.3 is 25.2 Å². The lowest BCUT2D eigenvalue weighted by Crippen LogP contribution is -2.34. The highest BCUT2D eigenvalue weighted by molar-refractivity contribution is 7.47. The van der Waals surface area contributed by atoms with E-state index in [2.05, 4.69) is 54.8 Å². The number of phosphoric acid groups is 1. The van der Waals surface area contributed by atoms with E-state index >= 15 is 0 Å². The fraction of sp³-hybridized carbons (Fsp3) is 0.763. The van der Waals surface area contributed by atoms with Crippen molar-refractivity contribution < 1.29 is 47.5 Å². The summed E-state index contributed by atoms with van der Waals surface area (Å²) in [5.41, 5.74) is 5.31. The van der Waals surface area contributed by atoms with E-state index in [-0.39, 0.29) is 19.4 Å².